The Morgan fingerprint density at radius 1 is 1.29 bits per heavy atom. The first-order valence-electron chi connectivity index (χ1n) is 3.61. The Hall–Kier alpha value is -0.330. The minimum absolute atomic E-state index is 0.297. The van der Waals surface area contributed by atoms with Gasteiger partial charge in [0.25, 0.3) is 0 Å². The minimum Gasteiger partial charge on any atom is -0.209 e. The highest BCUT2D eigenvalue weighted by atomic mass is 79.9. The quantitative estimate of drug-likeness (QED) is 0.789. The van der Waals surface area contributed by atoms with Crippen molar-refractivity contribution in [2.75, 3.05) is 0 Å². The molecule has 1 aromatic carbocycles. The van der Waals surface area contributed by atoms with Crippen molar-refractivity contribution in [2.24, 2.45) is 0 Å². The third-order valence-corrected chi connectivity index (χ3v) is 3.56. The topological polar surface area (TPSA) is 25.8 Å². The van der Waals surface area contributed by atoms with E-state index in [0.29, 0.717) is 14.2 Å². The van der Waals surface area contributed by atoms with Gasteiger partial charge in [-0.15, -0.1) is 0 Å². The summed E-state index contributed by atoms with van der Waals surface area (Å²) in [5, 5.41) is 0.697. The molecule has 0 atom stereocenters. The zero-order chi connectivity index (χ0) is 10.1. The van der Waals surface area contributed by atoms with Gasteiger partial charge in [0, 0.05) is 5.56 Å². The molecule has 0 unspecified atom stereocenters. The highest BCUT2D eigenvalue weighted by molar-refractivity contribution is 9.10. The lowest BCUT2D eigenvalue weighted by Gasteiger charge is -1.97. The van der Waals surface area contributed by atoms with Crippen LogP contribution < -0.4 is 0 Å². The predicted octanol–water partition coefficient (Wildman–Crippen LogP) is 3.87. The lowest BCUT2D eigenvalue weighted by molar-refractivity contribution is 0.621. The molecule has 14 heavy (non-hydrogen) atoms. The van der Waals surface area contributed by atoms with E-state index < -0.39 is 0 Å². The molecule has 0 spiro atoms. The molecule has 0 fully saturated rings. The summed E-state index contributed by atoms with van der Waals surface area (Å²) in [6.07, 6.45) is 0. The Morgan fingerprint density at radius 3 is 2.64 bits per heavy atom. The van der Waals surface area contributed by atoms with Gasteiger partial charge in [-0.3, -0.25) is 0 Å². The number of hydrogen-bond acceptors (Lipinski definition) is 3. The van der Waals surface area contributed by atoms with Crippen LogP contribution in [0.1, 0.15) is 0 Å². The molecular formula is C8H3Br2FN2S. The lowest BCUT2D eigenvalue weighted by Crippen LogP contribution is -1.80. The predicted molar refractivity (Wildman–Crippen MR) is 60.7 cm³/mol. The molecule has 2 aromatic rings. The summed E-state index contributed by atoms with van der Waals surface area (Å²) in [6.45, 7) is 0. The molecule has 0 aliphatic carbocycles. The summed E-state index contributed by atoms with van der Waals surface area (Å²) in [6, 6.07) is 4.87. The van der Waals surface area contributed by atoms with Crippen LogP contribution in [-0.4, -0.2) is 9.36 Å². The summed E-state index contributed by atoms with van der Waals surface area (Å²) >= 11 is 7.47. The summed E-state index contributed by atoms with van der Waals surface area (Å²) in [5.41, 5.74) is 0.730. The zero-order valence-electron chi connectivity index (χ0n) is 6.67. The maximum absolute atomic E-state index is 13.2. The van der Waals surface area contributed by atoms with Crippen molar-refractivity contribution in [3.63, 3.8) is 0 Å². The number of benzene rings is 1. The van der Waals surface area contributed by atoms with Gasteiger partial charge in [0.15, 0.2) is 0 Å². The molecule has 72 valence electrons. The van der Waals surface area contributed by atoms with Crippen LogP contribution in [-0.2, 0) is 0 Å². The van der Waals surface area contributed by atoms with Crippen molar-refractivity contribution in [3.05, 3.63) is 33.2 Å². The van der Waals surface area contributed by atoms with Crippen LogP contribution in [0.3, 0.4) is 0 Å². The Labute approximate surface area is 101 Å². The molecule has 0 aliphatic heterocycles. The molecule has 0 N–H and O–H groups in total. The number of hydrogen-bond donors (Lipinski definition) is 0. The van der Waals surface area contributed by atoms with Crippen LogP contribution in [0.5, 0.6) is 0 Å². The second kappa shape index (κ2) is 4.04. The Bertz CT molecular complexity index is 472. The monoisotopic (exact) mass is 336 g/mol. The molecular weight excluding hydrogens is 335 g/mol. The highest BCUT2D eigenvalue weighted by Crippen LogP contribution is 2.26. The largest absolute Gasteiger partial charge is 0.209 e. The number of nitrogens with zero attached hydrogens (tertiary/aromatic N) is 2. The van der Waals surface area contributed by atoms with Crippen LogP contribution in [0, 0.1) is 5.82 Å². The van der Waals surface area contributed by atoms with Gasteiger partial charge in [0.2, 0.25) is 4.73 Å². The summed E-state index contributed by atoms with van der Waals surface area (Å²) in [4.78, 5) is 4.09. The molecule has 0 aliphatic rings. The van der Waals surface area contributed by atoms with Crippen molar-refractivity contribution >= 4 is 43.4 Å². The Kier molecular flexibility index (Phi) is 2.94. The van der Waals surface area contributed by atoms with Crippen molar-refractivity contribution in [2.45, 2.75) is 0 Å². The third-order valence-electron chi connectivity index (χ3n) is 1.57. The molecule has 6 heteroatoms. The van der Waals surface area contributed by atoms with E-state index in [4.69, 9.17) is 0 Å². The number of halogens is 3. The molecule has 0 saturated carbocycles. The maximum Gasteiger partial charge on any atom is 0.209 e. The van der Waals surface area contributed by atoms with Gasteiger partial charge < -0.3 is 0 Å². The van der Waals surface area contributed by atoms with E-state index in [1.165, 1.54) is 17.6 Å². The van der Waals surface area contributed by atoms with Crippen molar-refractivity contribution in [1.29, 1.82) is 0 Å². The van der Waals surface area contributed by atoms with E-state index in [-0.39, 0.29) is 5.82 Å². The summed E-state index contributed by atoms with van der Waals surface area (Å²) in [7, 11) is 0. The van der Waals surface area contributed by atoms with Crippen LogP contribution in [0.25, 0.3) is 10.6 Å². The van der Waals surface area contributed by atoms with E-state index in [1.54, 1.807) is 12.1 Å². The fourth-order valence-corrected chi connectivity index (χ4v) is 2.27. The van der Waals surface area contributed by atoms with Gasteiger partial charge in [-0.2, -0.15) is 4.37 Å². The third kappa shape index (κ3) is 2.02. The standard InChI is InChI=1S/C8H3Br2FN2S/c9-5-2-1-4(3-6(5)11)7-12-8(10)13-14-7/h1-3H. The van der Waals surface area contributed by atoms with Crippen molar-refractivity contribution < 1.29 is 4.39 Å². The first-order chi connectivity index (χ1) is 6.66. The molecule has 2 nitrogen and oxygen atoms in total. The first kappa shape index (κ1) is 10.2. The van der Waals surface area contributed by atoms with Gasteiger partial charge >= 0.3 is 0 Å². The fourth-order valence-electron chi connectivity index (χ4n) is 0.952. The van der Waals surface area contributed by atoms with E-state index >= 15 is 0 Å². The van der Waals surface area contributed by atoms with E-state index in [0.717, 1.165) is 5.56 Å². The van der Waals surface area contributed by atoms with Crippen LogP contribution >= 0.6 is 43.4 Å². The highest BCUT2D eigenvalue weighted by Gasteiger charge is 2.07. The molecule has 0 radical (unpaired) electrons. The smallest absolute Gasteiger partial charge is 0.209 e. The van der Waals surface area contributed by atoms with Gasteiger partial charge in [0.05, 0.1) is 4.47 Å². The van der Waals surface area contributed by atoms with Gasteiger partial charge in [-0.05, 0) is 55.5 Å². The van der Waals surface area contributed by atoms with Gasteiger partial charge in [-0.25, -0.2) is 9.37 Å². The van der Waals surface area contributed by atoms with Crippen LogP contribution in [0.2, 0.25) is 0 Å². The van der Waals surface area contributed by atoms with Crippen molar-refractivity contribution in [1.82, 2.24) is 9.36 Å². The van der Waals surface area contributed by atoms with E-state index in [2.05, 4.69) is 41.2 Å². The van der Waals surface area contributed by atoms with Gasteiger partial charge in [0.1, 0.15) is 10.8 Å². The van der Waals surface area contributed by atoms with Crippen molar-refractivity contribution in [3.8, 4) is 10.6 Å². The average molecular weight is 338 g/mol. The SMILES string of the molecule is Fc1cc(-c2nc(Br)ns2)ccc1Br. The van der Waals surface area contributed by atoms with E-state index in [9.17, 15) is 4.39 Å². The molecule has 1 heterocycles. The molecule has 0 amide bonds. The molecule has 2 rings (SSSR count). The Morgan fingerprint density at radius 2 is 2.07 bits per heavy atom. The molecule has 0 bridgehead atoms. The molecule has 0 saturated heterocycles. The normalized spacial score (nSPS) is 10.5. The number of aromatic nitrogens is 2. The fraction of sp³-hybridized carbons (Fsp3) is 0. The van der Waals surface area contributed by atoms with E-state index in [1.807, 2.05) is 0 Å². The van der Waals surface area contributed by atoms with Crippen LogP contribution in [0.4, 0.5) is 4.39 Å². The Balaban J connectivity index is 2.47. The zero-order valence-corrected chi connectivity index (χ0v) is 10.7. The van der Waals surface area contributed by atoms with Gasteiger partial charge in [-0.1, -0.05) is 6.07 Å². The minimum atomic E-state index is -0.297. The number of rotatable bonds is 1. The summed E-state index contributed by atoms with van der Waals surface area (Å²) in [5.74, 6) is -0.297. The second-order valence-electron chi connectivity index (χ2n) is 2.50. The molecule has 1 aromatic heterocycles. The maximum atomic E-state index is 13.2. The lowest BCUT2D eigenvalue weighted by atomic mass is 10.2. The van der Waals surface area contributed by atoms with Crippen LogP contribution in [0.15, 0.2) is 27.4 Å². The second-order valence-corrected chi connectivity index (χ2v) is 4.81. The first-order valence-corrected chi connectivity index (χ1v) is 5.97. The summed E-state index contributed by atoms with van der Waals surface area (Å²) < 4.78 is 18.1. The average Bonchev–Trinajstić information content (AvgIpc) is 2.57.